The molecule has 0 aliphatic rings. The summed E-state index contributed by atoms with van der Waals surface area (Å²) in [6.07, 6.45) is 0.793. The third-order valence-corrected chi connectivity index (χ3v) is 4.15. The molecule has 1 atom stereocenters. The number of hydrogen-bond donors (Lipinski definition) is 2. The fourth-order valence-electron chi connectivity index (χ4n) is 2.93. The lowest BCUT2D eigenvalue weighted by atomic mass is 9.90. The second-order valence-electron chi connectivity index (χ2n) is 6.95. The SMILES string of the molecule is COc1ccc(-n2nnc(C(=O)NC(C)(CN)CC(C)C)c2C)cc1.Cl. The van der Waals surface area contributed by atoms with Crippen molar-refractivity contribution < 1.29 is 9.53 Å². The minimum Gasteiger partial charge on any atom is -0.497 e. The maximum atomic E-state index is 12.7. The van der Waals surface area contributed by atoms with Crippen LogP contribution >= 0.6 is 12.4 Å². The molecule has 0 spiro atoms. The lowest BCUT2D eigenvalue weighted by molar-refractivity contribution is 0.0892. The normalized spacial score (nSPS) is 13.0. The molecule has 2 rings (SSSR count). The van der Waals surface area contributed by atoms with Gasteiger partial charge in [0.15, 0.2) is 5.69 Å². The van der Waals surface area contributed by atoms with Crippen LogP contribution in [0, 0.1) is 12.8 Å². The monoisotopic (exact) mass is 381 g/mol. The molecule has 1 amide bonds. The third kappa shape index (κ3) is 4.95. The Hall–Kier alpha value is -2.12. The Kier molecular flexibility index (Phi) is 7.59. The van der Waals surface area contributed by atoms with Crippen molar-refractivity contribution in [2.75, 3.05) is 13.7 Å². The number of aromatic nitrogens is 3. The number of benzene rings is 1. The molecule has 144 valence electrons. The lowest BCUT2D eigenvalue weighted by Crippen LogP contribution is -2.52. The van der Waals surface area contributed by atoms with Gasteiger partial charge in [0.1, 0.15) is 5.75 Å². The Bertz CT molecular complexity index is 730. The zero-order valence-electron chi connectivity index (χ0n) is 15.9. The number of hydrogen-bond acceptors (Lipinski definition) is 5. The van der Waals surface area contributed by atoms with E-state index in [9.17, 15) is 4.79 Å². The molecule has 0 bridgehead atoms. The number of nitrogens with two attached hydrogens (primary N) is 1. The van der Waals surface area contributed by atoms with E-state index in [0.717, 1.165) is 17.9 Å². The van der Waals surface area contributed by atoms with Crippen LogP contribution in [0.5, 0.6) is 5.75 Å². The molecule has 8 heteroatoms. The maximum absolute atomic E-state index is 12.7. The summed E-state index contributed by atoms with van der Waals surface area (Å²) in [7, 11) is 1.61. The summed E-state index contributed by atoms with van der Waals surface area (Å²) in [5, 5.41) is 11.2. The van der Waals surface area contributed by atoms with E-state index in [-0.39, 0.29) is 18.3 Å². The molecule has 0 saturated heterocycles. The van der Waals surface area contributed by atoms with Crippen molar-refractivity contribution in [3.8, 4) is 11.4 Å². The molecule has 1 aromatic heterocycles. The summed E-state index contributed by atoms with van der Waals surface area (Å²) >= 11 is 0. The molecule has 0 fully saturated rings. The minimum absolute atomic E-state index is 0. The van der Waals surface area contributed by atoms with Gasteiger partial charge in [-0.1, -0.05) is 19.1 Å². The van der Waals surface area contributed by atoms with Crippen LogP contribution in [0.15, 0.2) is 24.3 Å². The first-order valence-corrected chi connectivity index (χ1v) is 8.39. The molecular weight excluding hydrogens is 354 g/mol. The van der Waals surface area contributed by atoms with Crippen molar-refractivity contribution in [3.05, 3.63) is 35.7 Å². The number of ether oxygens (including phenoxy) is 1. The number of carbonyl (C=O) groups excluding carboxylic acids is 1. The number of carbonyl (C=O) groups is 1. The molecule has 0 aliphatic heterocycles. The maximum Gasteiger partial charge on any atom is 0.274 e. The summed E-state index contributed by atoms with van der Waals surface area (Å²) < 4.78 is 6.79. The lowest BCUT2D eigenvalue weighted by Gasteiger charge is -2.30. The summed E-state index contributed by atoms with van der Waals surface area (Å²) in [5.74, 6) is 0.919. The van der Waals surface area contributed by atoms with Crippen molar-refractivity contribution in [2.45, 2.75) is 39.7 Å². The first-order valence-electron chi connectivity index (χ1n) is 8.39. The summed E-state index contributed by atoms with van der Waals surface area (Å²) in [5.41, 5.74) is 7.20. The van der Waals surface area contributed by atoms with E-state index in [1.165, 1.54) is 0 Å². The highest BCUT2D eigenvalue weighted by Crippen LogP contribution is 2.19. The third-order valence-electron chi connectivity index (χ3n) is 4.15. The van der Waals surface area contributed by atoms with Gasteiger partial charge in [0.2, 0.25) is 0 Å². The number of methoxy groups -OCH3 is 1. The first kappa shape index (κ1) is 21.9. The molecule has 1 unspecified atom stereocenters. The van der Waals surface area contributed by atoms with Gasteiger partial charge in [-0.05, 0) is 50.5 Å². The Morgan fingerprint density at radius 3 is 2.46 bits per heavy atom. The zero-order chi connectivity index (χ0) is 18.6. The zero-order valence-corrected chi connectivity index (χ0v) is 16.8. The Labute approximate surface area is 160 Å². The number of nitrogens with zero attached hydrogens (tertiary/aromatic N) is 3. The van der Waals surface area contributed by atoms with Crippen molar-refractivity contribution in [3.63, 3.8) is 0 Å². The smallest absolute Gasteiger partial charge is 0.274 e. The second kappa shape index (κ2) is 9.00. The molecule has 3 N–H and O–H groups in total. The molecule has 2 aromatic rings. The molecule has 7 nitrogen and oxygen atoms in total. The van der Waals surface area contributed by atoms with E-state index in [2.05, 4.69) is 29.5 Å². The predicted molar refractivity (Wildman–Crippen MR) is 104 cm³/mol. The van der Waals surface area contributed by atoms with Crippen LogP contribution < -0.4 is 15.8 Å². The standard InChI is InChI=1S/C18H27N5O2.ClH/c1-12(2)10-18(4,11-19)20-17(24)16-13(3)23(22-21-16)14-6-8-15(25-5)9-7-14;/h6-9,12H,10-11,19H2,1-5H3,(H,20,24);1H. The number of rotatable bonds is 7. The molecule has 1 heterocycles. The van der Waals surface area contributed by atoms with Gasteiger partial charge in [-0.3, -0.25) is 4.79 Å². The minimum atomic E-state index is -0.471. The average Bonchev–Trinajstić information content (AvgIpc) is 2.96. The predicted octanol–water partition coefficient (Wildman–Crippen LogP) is 2.50. The highest BCUT2D eigenvalue weighted by Gasteiger charge is 2.28. The molecule has 0 aliphatic carbocycles. The van der Waals surface area contributed by atoms with E-state index < -0.39 is 5.54 Å². The Morgan fingerprint density at radius 1 is 1.35 bits per heavy atom. The van der Waals surface area contributed by atoms with Crippen LogP contribution in [0.25, 0.3) is 5.69 Å². The van der Waals surface area contributed by atoms with Crippen molar-refractivity contribution in [2.24, 2.45) is 11.7 Å². The largest absolute Gasteiger partial charge is 0.497 e. The Morgan fingerprint density at radius 2 is 1.96 bits per heavy atom. The van der Waals surface area contributed by atoms with Crippen LogP contribution in [0.2, 0.25) is 0 Å². The van der Waals surface area contributed by atoms with E-state index in [1.807, 2.05) is 38.1 Å². The van der Waals surface area contributed by atoms with Gasteiger partial charge in [0.25, 0.3) is 5.91 Å². The van der Waals surface area contributed by atoms with Gasteiger partial charge in [-0.2, -0.15) is 0 Å². The van der Waals surface area contributed by atoms with Crippen LogP contribution in [-0.2, 0) is 0 Å². The van der Waals surface area contributed by atoms with Gasteiger partial charge in [0, 0.05) is 6.54 Å². The van der Waals surface area contributed by atoms with Crippen LogP contribution in [-0.4, -0.2) is 40.1 Å². The molecule has 0 radical (unpaired) electrons. The van der Waals surface area contributed by atoms with E-state index in [4.69, 9.17) is 10.5 Å². The average molecular weight is 382 g/mol. The first-order chi connectivity index (χ1) is 11.8. The van der Waals surface area contributed by atoms with E-state index in [0.29, 0.717) is 23.9 Å². The van der Waals surface area contributed by atoms with Crippen molar-refractivity contribution in [1.82, 2.24) is 20.3 Å². The van der Waals surface area contributed by atoms with Crippen molar-refractivity contribution in [1.29, 1.82) is 0 Å². The van der Waals surface area contributed by atoms with Gasteiger partial charge in [-0.15, -0.1) is 17.5 Å². The van der Waals surface area contributed by atoms with Crippen LogP contribution in [0.3, 0.4) is 0 Å². The van der Waals surface area contributed by atoms with E-state index in [1.54, 1.807) is 11.8 Å². The summed E-state index contributed by atoms with van der Waals surface area (Å²) in [6.45, 7) is 8.34. The highest BCUT2D eigenvalue weighted by molar-refractivity contribution is 5.93. The summed E-state index contributed by atoms with van der Waals surface area (Å²) in [6, 6.07) is 7.41. The number of amides is 1. The summed E-state index contributed by atoms with van der Waals surface area (Å²) in [4.78, 5) is 12.7. The number of nitrogens with one attached hydrogen (secondary N) is 1. The van der Waals surface area contributed by atoms with Gasteiger partial charge in [-0.25, -0.2) is 4.68 Å². The van der Waals surface area contributed by atoms with Gasteiger partial charge < -0.3 is 15.8 Å². The van der Waals surface area contributed by atoms with Crippen LogP contribution in [0.4, 0.5) is 0 Å². The number of halogens is 1. The quantitative estimate of drug-likeness (QED) is 0.768. The van der Waals surface area contributed by atoms with E-state index >= 15 is 0 Å². The van der Waals surface area contributed by atoms with Crippen LogP contribution in [0.1, 0.15) is 43.4 Å². The molecule has 0 saturated carbocycles. The highest BCUT2D eigenvalue weighted by atomic mass is 35.5. The Balaban J connectivity index is 0.00000338. The topological polar surface area (TPSA) is 95.1 Å². The fraction of sp³-hybridized carbons (Fsp3) is 0.500. The van der Waals surface area contributed by atoms with Gasteiger partial charge >= 0.3 is 0 Å². The van der Waals surface area contributed by atoms with Crippen molar-refractivity contribution >= 4 is 18.3 Å². The molecular formula is C18H28ClN5O2. The second-order valence-corrected chi connectivity index (χ2v) is 6.95. The fourth-order valence-corrected chi connectivity index (χ4v) is 2.93. The van der Waals surface area contributed by atoms with Gasteiger partial charge in [0.05, 0.1) is 24.0 Å². The molecule has 26 heavy (non-hydrogen) atoms. The molecule has 1 aromatic carbocycles.